The molecular formula is C12H11F3N2O. The van der Waals surface area contributed by atoms with Crippen molar-refractivity contribution in [3.05, 3.63) is 29.1 Å². The van der Waals surface area contributed by atoms with Crippen molar-refractivity contribution in [1.82, 2.24) is 4.98 Å². The molecule has 3 nitrogen and oxygen atoms in total. The van der Waals surface area contributed by atoms with E-state index in [0.717, 1.165) is 18.4 Å². The van der Waals surface area contributed by atoms with Crippen molar-refractivity contribution in [3.8, 4) is 6.07 Å². The maximum atomic E-state index is 12.0. The van der Waals surface area contributed by atoms with E-state index in [1.807, 2.05) is 6.07 Å². The zero-order valence-corrected chi connectivity index (χ0v) is 9.50. The van der Waals surface area contributed by atoms with Gasteiger partial charge < -0.3 is 4.74 Å². The first-order valence-corrected chi connectivity index (χ1v) is 5.53. The van der Waals surface area contributed by atoms with E-state index in [9.17, 15) is 13.2 Å². The number of nitriles is 1. The Morgan fingerprint density at radius 3 is 2.72 bits per heavy atom. The minimum atomic E-state index is -4.33. The minimum absolute atomic E-state index is 0.136. The van der Waals surface area contributed by atoms with Crippen molar-refractivity contribution < 1.29 is 17.9 Å². The fourth-order valence-corrected chi connectivity index (χ4v) is 1.73. The van der Waals surface area contributed by atoms with Crippen molar-refractivity contribution in [3.63, 3.8) is 0 Å². The van der Waals surface area contributed by atoms with Gasteiger partial charge in [0.15, 0.2) is 0 Å². The van der Waals surface area contributed by atoms with Gasteiger partial charge in [0.25, 0.3) is 0 Å². The van der Waals surface area contributed by atoms with Gasteiger partial charge >= 0.3 is 6.18 Å². The van der Waals surface area contributed by atoms with Crippen molar-refractivity contribution in [2.24, 2.45) is 0 Å². The molecule has 1 heterocycles. The first-order valence-electron chi connectivity index (χ1n) is 5.53. The fourth-order valence-electron chi connectivity index (χ4n) is 1.73. The van der Waals surface area contributed by atoms with Crippen molar-refractivity contribution >= 4 is 0 Å². The Kier molecular flexibility index (Phi) is 3.53. The molecule has 6 heteroatoms. The van der Waals surface area contributed by atoms with Crippen LogP contribution >= 0.6 is 0 Å². The smallest absolute Gasteiger partial charge is 0.367 e. The quantitative estimate of drug-likeness (QED) is 0.832. The first kappa shape index (κ1) is 12.8. The van der Waals surface area contributed by atoms with Crippen LogP contribution in [0.3, 0.4) is 0 Å². The molecule has 0 aliphatic heterocycles. The summed E-state index contributed by atoms with van der Waals surface area (Å²) < 4.78 is 40.6. The van der Waals surface area contributed by atoms with Crippen molar-refractivity contribution in [2.75, 3.05) is 6.61 Å². The third-order valence-electron chi connectivity index (χ3n) is 2.68. The maximum Gasteiger partial charge on any atom is 0.411 e. The van der Waals surface area contributed by atoms with Gasteiger partial charge in [-0.25, -0.2) is 4.98 Å². The number of alkyl halides is 3. The predicted molar refractivity (Wildman–Crippen MR) is 56.6 cm³/mol. The molecule has 1 aliphatic carbocycles. The standard InChI is InChI=1S/C12H11F3N2O/c13-12(14,15)7-18-6-9-3-10(4-16)17-5-11(9)8-1-2-8/h3,5,8H,1-2,6-7H2. The van der Waals surface area contributed by atoms with E-state index in [2.05, 4.69) is 9.72 Å². The molecule has 0 atom stereocenters. The number of rotatable bonds is 4. The molecular weight excluding hydrogens is 245 g/mol. The second kappa shape index (κ2) is 4.94. The van der Waals surface area contributed by atoms with Gasteiger partial charge in [0.2, 0.25) is 0 Å². The molecule has 0 saturated heterocycles. The van der Waals surface area contributed by atoms with Crippen molar-refractivity contribution in [1.29, 1.82) is 5.26 Å². The van der Waals surface area contributed by atoms with Gasteiger partial charge in [-0.15, -0.1) is 0 Å². The van der Waals surface area contributed by atoms with Crippen LogP contribution in [0.25, 0.3) is 0 Å². The van der Waals surface area contributed by atoms with Crippen LogP contribution in [-0.2, 0) is 11.3 Å². The summed E-state index contributed by atoms with van der Waals surface area (Å²) >= 11 is 0. The number of hydrogen-bond acceptors (Lipinski definition) is 3. The summed E-state index contributed by atoms with van der Waals surface area (Å²) in [6.45, 7) is -1.41. The molecule has 1 saturated carbocycles. The summed E-state index contributed by atoms with van der Waals surface area (Å²) in [5.41, 5.74) is 1.73. The van der Waals surface area contributed by atoms with Gasteiger partial charge in [0.05, 0.1) is 6.61 Å². The van der Waals surface area contributed by atoms with E-state index in [0.29, 0.717) is 11.5 Å². The van der Waals surface area contributed by atoms with Crippen LogP contribution < -0.4 is 0 Å². The second-order valence-electron chi connectivity index (χ2n) is 4.26. The molecule has 96 valence electrons. The summed E-state index contributed by atoms with van der Waals surface area (Å²) in [5.74, 6) is 0.356. The van der Waals surface area contributed by atoms with Crippen molar-refractivity contribution in [2.45, 2.75) is 31.5 Å². The molecule has 1 aliphatic rings. The number of ether oxygens (including phenoxy) is 1. The highest BCUT2D eigenvalue weighted by Gasteiger charge is 2.29. The average molecular weight is 256 g/mol. The Balaban J connectivity index is 2.07. The minimum Gasteiger partial charge on any atom is -0.367 e. The maximum absolute atomic E-state index is 12.0. The zero-order valence-electron chi connectivity index (χ0n) is 9.50. The Morgan fingerprint density at radius 2 is 2.17 bits per heavy atom. The average Bonchev–Trinajstić information content (AvgIpc) is 3.11. The summed E-state index contributed by atoms with van der Waals surface area (Å²) in [7, 11) is 0. The normalized spacial score (nSPS) is 15.4. The molecule has 0 N–H and O–H groups in total. The molecule has 0 amide bonds. The zero-order chi connectivity index (χ0) is 13.2. The molecule has 0 bridgehead atoms. The summed E-state index contributed by atoms with van der Waals surface area (Å²) in [5, 5.41) is 8.73. The molecule has 1 fully saturated rings. The molecule has 1 aromatic heterocycles. The van der Waals surface area contributed by atoms with E-state index in [1.165, 1.54) is 6.07 Å². The lowest BCUT2D eigenvalue weighted by molar-refractivity contribution is -0.176. The third kappa shape index (κ3) is 3.44. The Hall–Kier alpha value is -1.61. The van der Waals surface area contributed by atoms with Crippen LogP contribution in [0.2, 0.25) is 0 Å². The predicted octanol–water partition coefficient (Wildman–Crippen LogP) is 2.91. The van der Waals surface area contributed by atoms with Gasteiger partial charge in [-0.3, -0.25) is 0 Å². The van der Waals surface area contributed by atoms with Gasteiger partial charge in [0.1, 0.15) is 18.4 Å². The van der Waals surface area contributed by atoms with Crippen LogP contribution in [0.4, 0.5) is 13.2 Å². The number of aromatic nitrogens is 1. The van der Waals surface area contributed by atoms with Gasteiger partial charge in [-0.2, -0.15) is 18.4 Å². The second-order valence-corrected chi connectivity index (χ2v) is 4.26. The topological polar surface area (TPSA) is 45.9 Å². The van der Waals surface area contributed by atoms with Crippen LogP contribution in [-0.4, -0.2) is 17.8 Å². The summed E-state index contributed by atoms with van der Waals surface area (Å²) in [4.78, 5) is 3.94. The van der Waals surface area contributed by atoms with E-state index in [1.54, 1.807) is 6.20 Å². The monoisotopic (exact) mass is 256 g/mol. The molecule has 0 radical (unpaired) electrons. The lowest BCUT2D eigenvalue weighted by atomic mass is 10.1. The molecule has 0 spiro atoms. The largest absolute Gasteiger partial charge is 0.411 e. The Morgan fingerprint density at radius 1 is 1.44 bits per heavy atom. The third-order valence-corrected chi connectivity index (χ3v) is 2.68. The lowest BCUT2D eigenvalue weighted by Crippen LogP contribution is -2.17. The highest BCUT2D eigenvalue weighted by molar-refractivity contribution is 5.35. The van der Waals surface area contributed by atoms with E-state index >= 15 is 0 Å². The number of hydrogen-bond donors (Lipinski definition) is 0. The van der Waals surface area contributed by atoms with E-state index in [4.69, 9.17) is 5.26 Å². The summed E-state index contributed by atoms with van der Waals surface area (Å²) in [6.07, 6.45) is -0.729. The molecule has 1 aromatic rings. The van der Waals surface area contributed by atoms with Crippen LogP contribution in [0.5, 0.6) is 0 Å². The first-order chi connectivity index (χ1) is 8.49. The van der Waals surface area contributed by atoms with E-state index < -0.39 is 12.8 Å². The Bertz CT molecular complexity index is 475. The summed E-state index contributed by atoms with van der Waals surface area (Å²) in [6, 6.07) is 3.38. The number of halogens is 3. The molecule has 18 heavy (non-hydrogen) atoms. The SMILES string of the molecule is N#Cc1cc(COCC(F)(F)F)c(C2CC2)cn1. The van der Waals surface area contributed by atoms with Gasteiger partial charge in [-0.1, -0.05) is 0 Å². The van der Waals surface area contributed by atoms with E-state index in [-0.39, 0.29) is 12.3 Å². The Labute approximate surface area is 102 Å². The van der Waals surface area contributed by atoms with Gasteiger partial charge in [0, 0.05) is 6.20 Å². The van der Waals surface area contributed by atoms with Crippen LogP contribution in [0.1, 0.15) is 35.6 Å². The lowest BCUT2D eigenvalue weighted by Gasteiger charge is -2.11. The molecule has 0 aromatic carbocycles. The molecule has 2 rings (SSSR count). The highest BCUT2D eigenvalue weighted by Crippen LogP contribution is 2.41. The number of pyridine rings is 1. The van der Waals surface area contributed by atoms with Crippen LogP contribution in [0, 0.1) is 11.3 Å². The van der Waals surface area contributed by atoms with Gasteiger partial charge in [-0.05, 0) is 36.0 Å². The molecule has 0 unspecified atom stereocenters. The fraction of sp³-hybridized carbons (Fsp3) is 0.500. The van der Waals surface area contributed by atoms with Crippen LogP contribution in [0.15, 0.2) is 12.3 Å². The number of nitrogens with zero attached hydrogens (tertiary/aromatic N) is 2. The highest BCUT2D eigenvalue weighted by atomic mass is 19.4.